The lowest BCUT2D eigenvalue weighted by Crippen LogP contribution is -2.35. The smallest absolute Gasteiger partial charge is 0.301 e. The molecule has 0 aromatic heterocycles. The molecule has 0 saturated heterocycles. The summed E-state index contributed by atoms with van der Waals surface area (Å²) in [5.74, 6) is -0.231. The second kappa shape index (κ2) is 8.19. The number of nitrogens with zero attached hydrogens (tertiary/aromatic N) is 1. The van der Waals surface area contributed by atoms with Gasteiger partial charge in [-0.25, -0.2) is 0 Å². The number of rotatable bonds is 7. The summed E-state index contributed by atoms with van der Waals surface area (Å²) in [4.78, 5) is 24.9. The Morgan fingerprint density at radius 3 is 2.59 bits per heavy atom. The van der Waals surface area contributed by atoms with Gasteiger partial charge in [-0.05, 0) is 46.7 Å². The zero-order valence-electron chi connectivity index (χ0n) is 15.1. The summed E-state index contributed by atoms with van der Waals surface area (Å²) in [6, 6.07) is 11.4. The summed E-state index contributed by atoms with van der Waals surface area (Å²) < 4.78 is 12.7. The van der Waals surface area contributed by atoms with Gasteiger partial charge < -0.3 is 5.73 Å². The minimum Gasteiger partial charge on any atom is -0.368 e. The Balaban J connectivity index is 1.83. The quantitative estimate of drug-likeness (QED) is 0.731. The van der Waals surface area contributed by atoms with Crippen LogP contribution in [0.3, 0.4) is 0 Å². The average Bonchev–Trinajstić information content (AvgIpc) is 2.98. The Bertz CT molecular complexity index is 854. The molecule has 1 heterocycles. The highest BCUT2D eigenvalue weighted by molar-refractivity contribution is 6.30. The van der Waals surface area contributed by atoms with Gasteiger partial charge in [-0.1, -0.05) is 48.9 Å². The number of benzene rings is 2. The van der Waals surface area contributed by atoms with Crippen LogP contribution in [-0.2, 0) is 22.6 Å². The molecule has 2 atom stereocenters. The largest absolute Gasteiger partial charge is 0.368 e. The molecular formula is C21H22ClFN2O2. The van der Waals surface area contributed by atoms with E-state index in [9.17, 15) is 14.0 Å². The molecule has 0 fully saturated rings. The number of halogens is 2. The monoisotopic (exact) mass is 388 g/mol. The number of amides is 1. The van der Waals surface area contributed by atoms with Crippen molar-refractivity contribution in [3.8, 4) is 0 Å². The highest BCUT2D eigenvalue weighted by atomic mass is 35.5. The van der Waals surface area contributed by atoms with Crippen molar-refractivity contribution in [1.29, 1.82) is 0 Å². The number of nitrogens with two attached hydrogens (primary N) is 1. The van der Waals surface area contributed by atoms with Crippen molar-refractivity contribution in [3.63, 3.8) is 0 Å². The van der Waals surface area contributed by atoms with Gasteiger partial charge in [0.15, 0.2) is 0 Å². The van der Waals surface area contributed by atoms with E-state index in [4.69, 9.17) is 17.3 Å². The van der Waals surface area contributed by atoms with Gasteiger partial charge in [0.2, 0.25) is 5.91 Å². The zero-order chi connectivity index (χ0) is 19.6. The second-order valence-electron chi connectivity index (χ2n) is 7.03. The maximum Gasteiger partial charge on any atom is 0.301 e. The first-order valence-electron chi connectivity index (χ1n) is 8.94. The van der Waals surface area contributed by atoms with Crippen molar-refractivity contribution in [2.24, 2.45) is 5.73 Å². The average molecular weight is 389 g/mol. The Hall–Kier alpha value is -2.24. The van der Waals surface area contributed by atoms with Crippen LogP contribution in [0.15, 0.2) is 42.5 Å². The summed E-state index contributed by atoms with van der Waals surface area (Å²) in [7, 11) is 0. The molecule has 1 amide bonds. The molecule has 0 bridgehead atoms. The van der Waals surface area contributed by atoms with Crippen molar-refractivity contribution in [2.45, 2.75) is 38.3 Å². The highest BCUT2D eigenvalue weighted by Crippen LogP contribution is 2.37. The van der Waals surface area contributed by atoms with E-state index in [1.807, 2.05) is 47.4 Å². The third-order valence-corrected chi connectivity index (χ3v) is 5.39. The van der Waals surface area contributed by atoms with Crippen LogP contribution in [0.4, 0.5) is 4.39 Å². The SMILES string of the molecule is CC(CN1Cc2c(CCC(=O)F)cccc2C1C(N)=O)c1ccc(Cl)cc1. The third-order valence-electron chi connectivity index (χ3n) is 5.14. The molecule has 0 saturated carbocycles. The van der Waals surface area contributed by atoms with E-state index >= 15 is 0 Å². The molecule has 2 aromatic carbocycles. The standard InChI is InChI=1S/C21H22ClFN2O2/c1-13(14-5-8-16(22)9-6-14)11-25-12-18-15(7-10-19(23)26)3-2-4-17(18)20(25)21(24)27/h2-6,8-9,13,20H,7,10-12H2,1H3,(H2,24,27). The van der Waals surface area contributed by atoms with E-state index in [2.05, 4.69) is 6.92 Å². The first-order valence-corrected chi connectivity index (χ1v) is 9.32. The van der Waals surface area contributed by atoms with E-state index in [0.717, 1.165) is 22.3 Å². The first-order chi connectivity index (χ1) is 12.9. The fourth-order valence-corrected chi connectivity index (χ4v) is 3.94. The van der Waals surface area contributed by atoms with Crippen LogP contribution in [0, 0.1) is 0 Å². The molecule has 6 heteroatoms. The number of fused-ring (bicyclic) bond motifs is 1. The molecule has 4 nitrogen and oxygen atoms in total. The molecular weight excluding hydrogens is 367 g/mol. The predicted molar refractivity (Wildman–Crippen MR) is 103 cm³/mol. The Kier molecular flexibility index (Phi) is 5.92. The topological polar surface area (TPSA) is 63.4 Å². The van der Waals surface area contributed by atoms with Crippen molar-refractivity contribution < 1.29 is 14.0 Å². The summed E-state index contributed by atoms with van der Waals surface area (Å²) in [5.41, 5.74) is 9.55. The number of aryl methyl sites for hydroxylation is 1. The van der Waals surface area contributed by atoms with Crippen molar-refractivity contribution >= 4 is 23.5 Å². The minimum atomic E-state index is -1.33. The van der Waals surface area contributed by atoms with E-state index < -0.39 is 18.0 Å². The second-order valence-corrected chi connectivity index (χ2v) is 7.46. The maximum absolute atomic E-state index is 12.7. The molecule has 2 N–H and O–H groups in total. The highest BCUT2D eigenvalue weighted by Gasteiger charge is 2.36. The van der Waals surface area contributed by atoms with Crippen LogP contribution in [0.2, 0.25) is 5.02 Å². The molecule has 2 aromatic rings. The molecule has 3 rings (SSSR count). The molecule has 1 aliphatic rings. The first kappa shape index (κ1) is 19.5. The predicted octanol–water partition coefficient (Wildman–Crippen LogP) is 3.91. The van der Waals surface area contributed by atoms with Crippen molar-refractivity contribution in [3.05, 3.63) is 69.7 Å². The van der Waals surface area contributed by atoms with Gasteiger partial charge in [0.25, 0.3) is 0 Å². The van der Waals surface area contributed by atoms with Crippen molar-refractivity contribution in [2.75, 3.05) is 6.54 Å². The number of hydrogen-bond donors (Lipinski definition) is 1. The van der Waals surface area contributed by atoms with Crippen LogP contribution < -0.4 is 5.73 Å². The van der Waals surface area contributed by atoms with Gasteiger partial charge in [0, 0.05) is 24.5 Å². The number of hydrogen-bond acceptors (Lipinski definition) is 3. The van der Waals surface area contributed by atoms with Gasteiger partial charge >= 0.3 is 6.04 Å². The fourth-order valence-electron chi connectivity index (χ4n) is 3.81. The minimum absolute atomic E-state index is 0.154. The molecule has 0 spiro atoms. The molecule has 0 aliphatic carbocycles. The van der Waals surface area contributed by atoms with Crippen LogP contribution in [0.25, 0.3) is 0 Å². The van der Waals surface area contributed by atoms with E-state index in [-0.39, 0.29) is 12.3 Å². The molecule has 2 unspecified atom stereocenters. The fraction of sp³-hybridized carbons (Fsp3) is 0.333. The van der Waals surface area contributed by atoms with E-state index in [0.29, 0.717) is 24.5 Å². The summed E-state index contributed by atoms with van der Waals surface area (Å²) in [6.07, 6.45) is 0.170. The molecule has 0 radical (unpaired) electrons. The number of carbonyl (C=O) groups is 2. The maximum atomic E-state index is 12.7. The number of primary amides is 1. The summed E-state index contributed by atoms with van der Waals surface area (Å²) in [5, 5.41) is 0.682. The van der Waals surface area contributed by atoms with Crippen LogP contribution in [-0.4, -0.2) is 23.4 Å². The Morgan fingerprint density at radius 2 is 1.96 bits per heavy atom. The summed E-state index contributed by atoms with van der Waals surface area (Å²) >= 11 is 5.96. The van der Waals surface area contributed by atoms with E-state index in [1.54, 1.807) is 0 Å². The van der Waals surface area contributed by atoms with Gasteiger partial charge in [0.1, 0.15) is 6.04 Å². The van der Waals surface area contributed by atoms with Gasteiger partial charge in [0.05, 0.1) is 0 Å². The van der Waals surface area contributed by atoms with Gasteiger partial charge in [-0.3, -0.25) is 14.5 Å². The Morgan fingerprint density at radius 1 is 1.26 bits per heavy atom. The number of carbonyl (C=O) groups excluding carboxylic acids is 2. The third kappa shape index (κ3) is 4.37. The van der Waals surface area contributed by atoms with Crippen LogP contribution in [0.1, 0.15) is 47.6 Å². The Labute approximate surface area is 163 Å². The van der Waals surface area contributed by atoms with E-state index in [1.165, 1.54) is 0 Å². The lowest BCUT2D eigenvalue weighted by molar-refractivity contribution is -0.129. The molecule has 1 aliphatic heterocycles. The van der Waals surface area contributed by atoms with Crippen molar-refractivity contribution in [1.82, 2.24) is 4.90 Å². The zero-order valence-corrected chi connectivity index (χ0v) is 15.9. The van der Waals surface area contributed by atoms with Crippen LogP contribution in [0.5, 0.6) is 0 Å². The van der Waals surface area contributed by atoms with Gasteiger partial charge in [-0.15, -0.1) is 0 Å². The lowest BCUT2D eigenvalue weighted by Gasteiger charge is -2.26. The molecule has 142 valence electrons. The summed E-state index contributed by atoms with van der Waals surface area (Å²) in [6.45, 7) is 3.29. The molecule has 27 heavy (non-hydrogen) atoms. The lowest BCUT2D eigenvalue weighted by atomic mass is 9.96. The normalized spacial score (nSPS) is 17.5. The van der Waals surface area contributed by atoms with Crippen LogP contribution >= 0.6 is 11.6 Å². The van der Waals surface area contributed by atoms with Gasteiger partial charge in [-0.2, -0.15) is 4.39 Å².